The number of nitrogens with two attached hydrogens (primary N) is 1. The summed E-state index contributed by atoms with van der Waals surface area (Å²) in [5.41, 5.74) is 5.65. The normalized spacial score (nSPS) is 13.7. The number of amides is 2. The summed E-state index contributed by atoms with van der Waals surface area (Å²) in [4.78, 5) is 34.8. The molecule has 20 heavy (non-hydrogen) atoms. The first-order valence-electron chi connectivity index (χ1n) is 6.72. The molecule has 4 N–H and O–H groups in total. The standard InChI is InChI=1S/C13H25N3O3S/c1-5-15-13(19)11(6-12(18)16-8(2)3)20-7-10(14)9(4)17/h8,10-11H,5-7,14H2,1-4H3,(H,15,19)(H,16,18)/t10-,11?/m0/s1. The number of ketones is 1. The summed E-state index contributed by atoms with van der Waals surface area (Å²) in [6, 6.07) is -0.577. The summed E-state index contributed by atoms with van der Waals surface area (Å²) >= 11 is 1.24. The van der Waals surface area contributed by atoms with Crippen LogP contribution >= 0.6 is 11.8 Å². The van der Waals surface area contributed by atoms with Gasteiger partial charge in [-0.05, 0) is 27.7 Å². The van der Waals surface area contributed by atoms with Gasteiger partial charge in [-0.25, -0.2) is 0 Å². The first kappa shape index (κ1) is 18.9. The maximum absolute atomic E-state index is 11.9. The van der Waals surface area contributed by atoms with E-state index in [-0.39, 0.29) is 30.1 Å². The summed E-state index contributed by atoms with van der Waals surface area (Å²) in [5.74, 6) is -0.183. The first-order valence-corrected chi connectivity index (χ1v) is 7.77. The monoisotopic (exact) mass is 303 g/mol. The quantitative estimate of drug-likeness (QED) is 0.559. The number of thioether (sulfide) groups is 1. The fourth-order valence-corrected chi connectivity index (χ4v) is 2.58. The van der Waals surface area contributed by atoms with Crippen molar-refractivity contribution in [2.75, 3.05) is 12.3 Å². The van der Waals surface area contributed by atoms with E-state index in [1.54, 1.807) is 0 Å². The minimum absolute atomic E-state index is 0.0295. The lowest BCUT2D eigenvalue weighted by Gasteiger charge is -2.18. The lowest BCUT2D eigenvalue weighted by atomic mass is 10.2. The Labute approximate surface area is 124 Å². The molecule has 0 aliphatic carbocycles. The average molecular weight is 303 g/mol. The molecule has 2 atom stereocenters. The number of hydrogen-bond acceptors (Lipinski definition) is 5. The van der Waals surface area contributed by atoms with Gasteiger partial charge in [0.05, 0.1) is 11.3 Å². The van der Waals surface area contributed by atoms with Crippen LogP contribution in [0.4, 0.5) is 0 Å². The van der Waals surface area contributed by atoms with Crippen LogP contribution in [0.3, 0.4) is 0 Å². The summed E-state index contributed by atoms with van der Waals surface area (Å²) < 4.78 is 0. The SMILES string of the molecule is CCNC(=O)C(CC(=O)NC(C)C)SC[C@H](N)C(C)=O. The number of Topliss-reactive ketones (excluding diaryl/α,β-unsaturated/α-hetero) is 1. The maximum atomic E-state index is 11.9. The number of nitrogens with one attached hydrogen (secondary N) is 2. The highest BCUT2D eigenvalue weighted by atomic mass is 32.2. The van der Waals surface area contributed by atoms with Gasteiger partial charge < -0.3 is 16.4 Å². The van der Waals surface area contributed by atoms with Crippen LogP contribution in [0.15, 0.2) is 0 Å². The molecule has 0 radical (unpaired) electrons. The van der Waals surface area contributed by atoms with Crippen LogP contribution < -0.4 is 16.4 Å². The number of carbonyl (C=O) groups is 3. The first-order chi connectivity index (χ1) is 9.27. The second-order valence-corrected chi connectivity index (χ2v) is 6.10. The van der Waals surface area contributed by atoms with Gasteiger partial charge in [-0.2, -0.15) is 0 Å². The Morgan fingerprint density at radius 2 is 1.85 bits per heavy atom. The Morgan fingerprint density at radius 3 is 2.30 bits per heavy atom. The van der Waals surface area contributed by atoms with Crippen molar-refractivity contribution < 1.29 is 14.4 Å². The second kappa shape index (κ2) is 9.77. The number of rotatable bonds is 9. The van der Waals surface area contributed by atoms with E-state index < -0.39 is 11.3 Å². The maximum Gasteiger partial charge on any atom is 0.233 e. The fraction of sp³-hybridized carbons (Fsp3) is 0.769. The summed E-state index contributed by atoms with van der Waals surface area (Å²) in [6.45, 7) is 7.45. The van der Waals surface area contributed by atoms with Crippen molar-refractivity contribution in [3.8, 4) is 0 Å². The lowest BCUT2D eigenvalue weighted by molar-refractivity contribution is -0.126. The molecule has 0 aromatic carbocycles. The average Bonchev–Trinajstić information content (AvgIpc) is 2.32. The Balaban J connectivity index is 4.52. The van der Waals surface area contributed by atoms with E-state index in [2.05, 4.69) is 10.6 Å². The van der Waals surface area contributed by atoms with Gasteiger partial charge in [0.15, 0.2) is 0 Å². The van der Waals surface area contributed by atoms with Crippen molar-refractivity contribution in [3.63, 3.8) is 0 Å². The van der Waals surface area contributed by atoms with Crippen LogP contribution in [0.25, 0.3) is 0 Å². The van der Waals surface area contributed by atoms with Crippen LogP contribution in [-0.4, -0.2) is 47.2 Å². The molecular weight excluding hydrogens is 278 g/mol. The topological polar surface area (TPSA) is 101 Å². The lowest BCUT2D eigenvalue weighted by Crippen LogP contribution is -2.40. The minimum atomic E-state index is -0.606. The van der Waals surface area contributed by atoms with Crippen molar-refractivity contribution >= 4 is 29.4 Å². The Morgan fingerprint density at radius 1 is 1.25 bits per heavy atom. The molecule has 0 rings (SSSR count). The van der Waals surface area contributed by atoms with Gasteiger partial charge in [-0.15, -0.1) is 11.8 Å². The van der Waals surface area contributed by atoms with E-state index in [1.807, 2.05) is 20.8 Å². The predicted octanol–water partition coefficient (Wildman–Crippen LogP) is 0.0553. The third kappa shape index (κ3) is 8.16. The smallest absolute Gasteiger partial charge is 0.233 e. The second-order valence-electron chi connectivity index (χ2n) is 4.86. The van der Waals surface area contributed by atoms with Gasteiger partial charge in [0.2, 0.25) is 11.8 Å². The van der Waals surface area contributed by atoms with Crippen molar-refractivity contribution in [3.05, 3.63) is 0 Å². The van der Waals surface area contributed by atoms with Crippen molar-refractivity contribution in [1.29, 1.82) is 0 Å². The van der Waals surface area contributed by atoms with Crippen molar-refractivity contribution in [2.45, 2.75) is 51.4 Å². The molecule has 0 aliphatic rings. The molecular formula is C13H25N3O3S. The predicted molar refractivity (Wildman–Crippen MR) is 81.5 cm³/mol. The molecule has 2 amide bonds. The molecule has 0 bridgehead atoms. The molecule has 6 nitrogen and oxygen atoms in total. The summed E-state index contributed by atoms with van der Waals surface area (Å²) in [5, 5.41) is 4.91. The van der Waals surface area contributed by atoms with Crippen LogP contribution in [0, 0.1) is 0 Å². The third-order valence-corrected chi connectivity index (χ3v) is 3.80. The minimum Gasteiger partial charge on any atom is -0.355 e. The molecule has 0 saturated heterocycles. The van der Waals surface area contributed by atoms with Crippen molar-refractivity contribution in [1.82, 2.24) is 10.6 Å². The van der Waals surface area contributed by atoms with E-state index in [0.717, 1.165) is 0 Å². The van der Waals surface area contributed by atoms with Crippen LogP contribution in [0.1, 0.15) is 34.1 Å². The molecule has 116 valence electrons. The van der Waals surface area contributed by atoms with Gasteiger partial charge in [-0.1, -0.05) is 0 Å². The van der Waals surface area contributed by atoms with Crippen LogP contribution in [0.2, 0.25) is 0 Å². The molecule has 7 heteroatoms. The molecule has 0 spiro atoms. The van der Waals surface area contributed by atoms with Gasteiger partial charge in [-0.3, -0.25) is 14.4 Å². The van der Waals surface area contributed by atoms with E-state index in [1.165, 1.54) is 18.7 Å². The van der Waals surface area contributed by atoms with E-state index in [9.17, 15) is 14.4 Å². The highest BCUT2D eigenvalue weighted by Crippen LogP contribution is 2.16. The van der Waals surface area contributed by atoms with E-state index in [4.69, 9.17) is 5.73 Å². The highest BCUT2D eigenvalue weighted by Gasteiger charge is 2.23. The summed E-state index contributed by atoms with van der Waals surface area (Å²) in [7, 11) is 0. The van der Waals surface area contributed by atoms with E-state index in [0.29, 0.717) is 12.3 Å². The molecule has 1 unspecified atom stereocenters. The zero-order valence-corrected chi connectivity index (χ0v) is 13.4. The van der Waals surface area contributed by atoms with Crippen molar-refractivity contribution in [2.24, 2.45) is 5.73 Å². The summed E-state index contributed by atoms with van der Waals surface area (Å²) in [6.07, 6.45) is 0.0826. The number of hydrogen-bond donors (Lipinski definition) is 3. The molecule has 0 aromatic heterocycles. The number of carbonyl (C=O) groups excluding carboxylic acids is 3. The fourth-order valence-electron chi connectivity index (χ4n) is 1.40. The zero-order valence-electron chi connectivity index (χ0n) is 12.6. The van der Waals surface area contributed by atoms with Crippen LogP contribution in [-0.2, 0) is 14.4 Å². The van der Waals surface area contributed by atoms with E-state index >= 15 is 0 Å². The van der Waals surface area contributed by atoms with Gasteiger partial charge in [0.1, 0.15) is 5.78 Å². The molecule has 0 fully saturated rings. The third-order valence-electron chi connectivity index (χ3n) is 2.46. The van der Waals surface area contributed by atoms with Crippen LogP contribution in [0.5, 0.6) is 0 Å². The molecule has 0 saturated carbocycles. The Kier molecular flexibility index (Phi) is 9.24. The molecule has 0 heterocycles. The Bertz CT molecular complexity index is 348. The molecule has 0 aliphatic heterocycles. The van der Waals surface area contributed by atoms with Gasteiger partial charge >= 0.3 is 0 Å². The Hall–Kier alpha value is -1.08. The van der Waals surface area contributed by atoms with Gasteiger partial charge in [0.25, 0.3) is 0 Å². The molecule has 0 aromatic rings. The van der Waals surface area contributed by atoms with Gasteiger partial charge in [0, 0.05) is 24.8 Å². The largest absolute Gasteiger partial charge is 0.355 e. The zero-order chi connectivity index (χ0) is 15.7. The highest BCUT2D eigenvalue weighted by molar-refractivity contribution is 8.00.